The molecule has 23 heavy (non-hydrogen) atoms. The second-order valence-electron chi connectivity index (χ2n) is 6.97. The lowest BCUT2D eigenvalue weighted by molar-refractivity contribution is -0.155. The van der Waals surface area contributed by atoms with Crippen molar-refractivity contribution in [1.29, 1.82) is 0 Å². The fourth-order valence-corrected chi connectivity index (χ4v) is 4.04. The van der Waals surface area contributed by atoms with Gasteiger partial charge >= 0.3 is 5.97 Å². The van der Waals surface area contributed by atoms with E-state index in [9.17, 15) is 9.90 Å². The van der Waals surface area contributed by atoms with Crippen molar-refractivity contribution in [1.82, 2.24) is 0 Å². The van der Waals surface area contributed by atoms with E-state index in [0.29, 0.717) is 12.3 Å². The van der Waals surface area contributed by atoms with Gasteiger partial charge in [0.25, 0.3) is 0 Å². The van der Waals surface area contributed by atoms with Crippen LogP contribution in [0.3, 0.4) is 0 Å². The first-order valence-electron chi connectivity index (χ1n) is 8.72. The monoisotopic (exact) mass is 314 g/mol. The third kappa shape index (κ3) is 3.50. The zero-order chi connectivity index (χ0) is 16.4. The van der Waals surface area contributed by atoms with Crippen LogP contribution in [-0.2, 0) is 9.53 Å². The van der Waals surface area contributed by atoms with Crippen molar-refractivity contribution >= 4 is 11.5 Å². The van der Waals surface area contributed by atoms with Crippen LogP contribution in [0.4, 0.5) is 0 Å². The van der Waals surface area contributed by atoms with E-state index in [1.807, 2.05) is 0 Å². The molecule has 0 amide bonds. The number of aliphatic hydroxyl groups is 1. The van der Waals surface area contributed by atoms with Gasteiger partial charge in [-0.15, -0.1) is 0 Å². The molecule has 3 rings (SSSR count). The third-order valence-corrected chi connectivity index (χ3v) is 5.22. The largest absolute Gasteiger partial charge is 0.457 e. The molecular weight excluding hydrogens is 288 g/mol. The van der Waals surface area contributed by atoms with Gasteiger partial charge in [0.15, 0.2) is 0 Å². The number of hydrogen-bond acceptors (Lipinski definition) is 3. The zero-order valence-corrected chi connectivity index (χ0v) is 13.9. The van der Waals surface area contributed by atoms with E-state index in [1.165, 1.54) is 43.2 Å². The van der Waals surface area contributed by atoms with Crippen LogP contribution < -0.4 is 0 Å². The first-order chi connectivity index (χ1) is 11.1. The van der Waals surface area contributed by atoms with E-state index >= 15 is 0 Å². The molecule has 3 heteroatoms. The molecule has 1 aromatic carbocycles. The summed E-state index contributed by atoms with van der Waals surface area (Å²) in [7, 11) is 0. The molecule has 124 valence electrons. The highest BCUT2D eigenvalue weighted by Gasteiger charge is 2.31. The van der Waals surface area contributed by atoms with Gasteiger partial charge in [0, 0.05) is 6.42 Å². The summed E-state index contributed by atoms with van der Waals surface area (Å²) in [5.41, 5.74) is 4.50. The van der Waals surface area contributed by atoms with Gasteiger partial charge in [-0.05, 0) is 47.9 Å². The van der Waals surface area contributed by atoms with E-state index < -0.39 is 12.2 Å². The molecule has 2 unspecified atom stereocenters. The zero-order valence-electron chi connectivity index (χ0n) is 13.9. The smallest absolute Gasteiger partial charge is 0.309 e. The fraction of sp³-hybridized carbons (Fsp3) is 0.550. The molecule has 0 bridgehead atoms. The van der Waals surface area contributed by atoms with Crippen LogP contribution in [0.1, 0.15) is 67.6 Å². The Bertz CT molecular complexity index is 599. The first kappa shape index (κ1) is 16.3. The molecule has 2 atom stereocenters. The predicted molar refractivity (Wildman–Crippen MR) is 91.2 cm³/mol. The average Bonchev–Trinajstić information content (AvgIpc) is 2.54. The number of aryl methyl sites for hydroxylation is 1. The van der Waals surface area contributed by atoms with Crippen LogP contribution in [0.15, 0.2) is 24.8 Å². The Morgan fingerprint density at radius 2 is 2.00 bits per heavy atom. The highest BCUT2D eigenvalue weighted by Crippen LogP contribution is 2.39. The minimum Gasteiger partial charge on any atom is -0.457 e. The second kappa shape index (κ2) is 6.88. The topological polar surface area (TPSA) is 46.5 Å². The summed E-state index contributed by atoms with van der Waals surface area (Å²) in [6, 6.07) is 6.40. The number of esters is 1. The van der Waals surface area contributed by atoms with Gasteiger partial charge in [-0.3, -0.25) is 4.79 Å². The lowest BCUT2D eigenvalue weighted by Gasteiger charge is -2.31. The number of cyclic esters (lactones) is 1. The number of carbonyl (C=O) groups is 1. The molecule has 1 saturated carbocycles. The summed E-state index contributed by atoms with van der Waals surface area (Å²) in [5, 5.41) is 9.89. The number of aliphatic hydroxyl groups excluding tert-OH is 1. The van der Waals surface area contributed by atoms with E-state index in [1.54, 1.807) is 0 Å². The molecule has 3 nitrogen and oxygen atoms in total. The van der Waals surface area contributed by atoms with Crippen molar-refractivity contribution in [3.05, 3.63) is 41.5 Å². The molecule has 0 spiro atoms. The van der Waals surface area contributed by atoms with Crippen LogP contribution in [-0.4, -0.2) is 23.3 Å². The molecule has 1 aliphatic heterocycles. The quantitative estimate of drug-likeness (QED) is 0.854. The Morgan fingerprint density at radius 1 is 1.26 bits per heavy atom. The van der Waals surface area contributed by atoms with E-state index in [-0.39, 0.29) is 12.4 Å². The standard InChI is InChI=1S/C20H26O3/c1-13-7-6-10-17(15-8-4-3-5-9-15)20(13)14(2)18-11-16(21)12-19(22)23-18/h6-7,10,15-16,18,21H,2-5,8-9,11-12H2,1H3. The SMILES string of the molecule is C=C(c1c(C)cccc1C1CCCCC1)C1CC(O)CC(=O)O1. The van der Waals surface area contributed by atoms with Gasteiger partial charge in [0.2, 0.25) is 0 Å². The molecule has 1 aliphatic carbocycles. The molecule has 2 aliphatic rings. The van der Waals surface area contributed by atoms with Gasteiger partial charge < -0.3 is 9.84 Å². The summed E-state index contributed by atoms with van der Waals surface area (Å²) in [4.78, 5) is 11.7. The molecule has 2 fully saturated rings. The summed E-state index contributed by atoms with van der Waals surface area (Å²) < 4.78 is 5.47. The van der Waals surface area contributed by atoms with Crippen molar-refractivity contribution < 1.29 is 14.6 Å². The molecular formula is C20H26O3. The highest BCUT2D eigenvalue weighted by molar-refractivity contribution is 5.78. The van der Waals surface area contributed by atoms with Crippen molar-refractivity contribution in [3.63, 3.8) is 0 Å². The summed E-state index contributed by atoms with van der Waals surface area (Å²) in [6.45, 7) is 6.34. The summed E-state index contributed by atoms with van der Waals surface area (Å²) in [6.07, 6.45) is 5.83. The van der Waals surface area contributed by atoms with Gasteiger partial charge in [-0.2, -0.15) is 0 Å². The van der Waals surface area contributed by atoms with Crippen molar-refractivity contribution in [2.75, 3.05) is 0 Å². The lowest BCUT2D eigenvalue weighted by Crippen LogP contribution is -2.33. The fourth-order valence-electron chi connectivity index (χ4n) is 4.04. The lowest BCUT2D eigenvalue weighted by atomic mass is 9.78. The van der Waals surface area contributed by atoms with Crippen molar-refractivity contribution in [2.45, 2.75) is 70.0 Å². The van der Waals surface area contributed by atoms with Crippen LogP contribution in [0.5, 0.6) is 0 Å². The van der Waals surface area contributed by atoms with Gasteiger partial charge in [-0.25, -0.2) is 0 Å². The number of benzene rings is 1. The van der Waals surface area contributed by atoms with Crippen molar-refractivity contribution in [3.8, 4) is 0 Å². The number of rotatable bonds is 3. The maximum atomic E-state index is 11.7. The molecule has 1 aromatic rings. The Kier molecular flexibility index (Phi) is 4.86. The van der Waals surface area contributed by atoms with Gasteiger partial charge in [0.1, 0.15) is 6.10 Å². The normalized spacial score (nSPS) is 25.9. The summed E-state index contributed by atoms with van der Waals surface area (Å²) in [5.74, 6) is 0.238. The molecule has 0 aromatic heterocycles. The number of carbonyl (C=O) groups excluding carboxylic acids is 1. The van der Waals surface area contributed by atoms with Gasteiger partial charge in [-0.1, -0.05) is 44.0 Å². The Labute approximate surface area is 138 Å². The maximum Gasteiger partial charge on any atom is 0.309 e. The third-order valence-electron chi connectivity index (χ3n) is 5.22. The van der Waals surface area contributed by atoms with E-state index in [2.05, 4.69) is 31.7 Å². The van der Waals surface area contributed by atoms with Crippen LogP contribution >= 0.6 is 0 Å². The molecule has 0 radical (unpaired) electrons. The average molecular weight is 314 g/mol. The Balaban J connectivity index is 1.91. The van der Waals surface area contributed by atoms with Crippen LogP contribution in [0.2, 0.25) is 0 Å². The van der Waals surface area contributed by atoms with Crippen LogP contribution in [0, 0.1) is 6.92 Å². The Morgan fingerprint density at radius 3 is 2.70 bits per heavy atom. The maximum absolute atomic E-state index is 11.7. The van der Waals surface area contributed by atoms with Crippen LogP contribution in [0.25, 0.3) is 5.57 Å². The van der Waals surface area contributed by atoms with Gasteiger partial charge in [0.05, 0.1) is 12.5 Å². The number of ether oxygens (including phenoxy) is 1. The number of hydrogen-bond donors (Lipinski definition) is 1. The Hall–Kier alpha value is -1.61. The molecule has 1 N–H and O–H groups in total. The molecule has 1 heterocycles. The predicted octanol–water partition coefficient (Wildman–Crippen LogP) is 4.12. The molecule has 1 saturated heterocycles. The van der Waals surface area contributed by atoms with E-state index in [0.717, 1.165) is 11.1 Å². The summed E-state index contributed by atoms with van der Waals surface area (Å²) >= 11 is 0. The minimum absolute atomic E-state index is 0.0903. The van der Waals surface area contributed by atoms with E-state index in [4.69, 9.17) is 4.74 Å². The van der Waals surface area contributed by atoms with Crippen molar-refractivity contribution in [2.24, 2.45) is 0 Å². The minimum atomic E-state index is -0.625. The first-order valence-corrected chi connectivity index (χ1v) is 8.72. The highest BCUT2D eigenvalue weighted by atomic mass is 16.5. The second-order valence-corrected chi connectivity index (χ2v) is 6.97.